The van der Waals surface area contributed by atoms with Crippen molar-refractivity contribution in [3.05, 3.63) is 70.3 Å². The van der Waals surface area contributed by atoms with Gasteiger partial charge in [0, 0.05) is 34.2 Å². The molecule has 3 nitrogen and oxygen atoms in total. The summed E-state index contributed by atoms with van der Waals surface area (Å²) in [4.78, 5) is 0. The number of fused-ring (bicyclic) bond motifs is 4. The van der Waals surface area contributed by atoms with Gasteiger partial charge in [0.1, 0.15) is 17.1 Å². The SMILES string of the molecule is C=C(C)c1c(O)ccc2oc3c(c12)C(c1cc(C(C)(C)C)c2sccc2c1)NCC3. The van der Waals surface area contributed by atoms with Gasteiger partial charge in [-0.05, 0) is 64.1 Å². The zero-order valence-corrected chi connectivity index (χ0v) is 18.7. The highest BCUT2D eigenvalue weighted by Crippen LogP contribution is 2.44. The van der Waals surface area contributed by atoms with E-state index in [-0.39, 0.29) is 17.2 Å². The third kappa shape index (κ3) is 2.90. The Balaban J connectivity index is 1.80. The normalized spacial score (nSPS) is 16.9. The molecule has 4 heteroatoms. The Labute approximate surface area is 181 Å². The molecule has 0 amide bonds. The summed E-state index contributed by atoms with van der Waals surface area (Å²) in [6, 6.07) is 10.5. The molecular formula is C26H27NO2S. The number of allylic oxidation sites excluding steroid dienone is 1. The van der Waals surface area contributed by atoms with Gasteiger partial charge in [-0.3, -0.25) is 0 Å². The van der Waals surface area contributed by atoms with E-state index in [2.05, 4.69) is 56.2 Å². The second-order valence-electron chi connectivity index (χ2n) is 9.35. The van der Waals surface area contributed by atoms with Crippen molar-refractivity contribution in [1.82, 2.24) is 5.32 Å². The Morgan fingerprint density at radius 2 is 2.03 bits per heavy atom. The lowest BCUT2D eigenvalue weighted by atomic mass is 9.82. The van der Waals surface area contributed by atoms with Crippen LogP contribution in [0.3, 0.4) is 0 Å². The lowest BCUT2D eigenvalue weighted by molar-refractivity contribution is 0.472. The molecule has 0 fully saturated rings. The van der Waals surface area contributed by atoms with Gasteiger partial charge in [0.2, 0.25) is 0 Å². The lowest BCUT2D eigenvalue weighted by Gasteiger charge is -2.27. The van der Waals surface area contributed by atoms with Crippen molar-refractivity contribution in [1.29, 1.82) is 0 Å². The summed E-state index contributed by atoms with van der Waals surface area (Å²) in [5, 5.41) is 18.8. The Morgan fingerprint density at radius 3 is 2.77 bits per heavy atom. The molecule has 154 valence electrons. The van der Waals surface area contributed by atoms with Crippen molar-refractivity contribution in [3.63, 3.8) is 0 Å². The van der Waals surface area contributed by atoms with E-state index in [0.717, 1.165) is 46.4 Å². The van der Waals surface area contributed by atoms with Crippen molar-refractivity contribution in [2.75, 3.05) is 6.54 Å². The molecule has 1 atom stereocenters. The van der Waals surface area contributed by atoms with E-state index in [1.807, 2.05) is 24.3 Å². The van der Waals surface area contributed by atoms with Gasteiger partial charge in [0.25, 0.3) is 0 Å². The van der Waals surface area contributed by atoms with Crippen molar-refractivity contribution in [2.45, 2.75) is 45.6 Å². The molecule has 1 unspecified atom stereocenters. The van der Waals surface area contributed by atoms with Gasteiger partial charge in [0.15, 0.2) is 0 Å². The number of hydrogen-bond donors (Lipinski definition) is 2. The predicted octanol–water partition coefficient (Wildman–Crippen LogP) is 6.92. The van der Waals surface area contributed by atoms with E-state index in [4.69, 9.17) is 4.42 Å². The number of aromatic hydroxyl groups is 1. The van der Waals surface area contributed by atoms with E-state index in [9.17, 15) is 5.11 Å². The quantitative estimate of drug-likeness (QED) is 0.372. The second kappa shape index (κ2) is 6.73. The Kier molecular flexibility index (Phi) is 4.35. The molecule has 0 saturated carbocycles. The molecule has 2 N–H and O–H groups in total. The maximum Gasteiger partial charge on any atom is 0.135 e. The van der Waals surface area contributed by atoms with Crippen LogP contribution in [0.4, 0.5) is 0 Å². The van der Waals surface area contributed by atoms with E-state index in [1.165, 1.54) is 21.2 Å². The molecule has 1 aliphatic heterocycles. The molecule has 0 saturated heterocycles. The number of thiophene rings is 1. The number of phenolic OH excluding ortho intramolecular Hbond substituents is 1. The lowest BCUT2D eigenvalue weighted by Crippen LogP contribution is -2.30. The summed E-state index contributed by atoms with van der Waals surface area (Å²) < 4.78 is 7.63. The monoisotopic (exact) mass is 417 g/mol. The van der Waals surface area contributed by atoms with Gasteiger partial charge >= 0.3 is 0 Å². The van der Waals surface area contributed by atoms with Crippen molar-refractivity contribution >= 4 is 38.0 Å². The number of rotatable bonds is 2. The van der Waals surface area contributed by atoms with Gasteiger partial charge in [-0.15, -0.1) is 11.3 Å². The van der Waals surface area contributed by atoms with Crippen molar-refractivity contribution < 1.29 is 9.52 Å². The standard InChI is InChI=1S/C26H27NO2S/c1-14(2)21-18(28)6-7-19-22(21)23-20(29-19)8-10-27-24(23)16-12-15-9-11-30-25(15)17(13-16)26(3,4)5/h6-7,9,11-13,24,27-28H,1,8,10H2,2-5H3. The maximum absolute atomic E-state index is 10.6. The van der Waals surface area contributed by atoms with Crippen LogP contribution in [0, 0.1) is 0 Å². The van der Waals surface area contributed by atoms with Crippen LogP contribution in [0.25, 0.3) is 26.6 Å². The summed E-state index contributed by atoms with van der Waals surface area (Å²) in [6.07, 6.45) is 0.837. The Morgan fingerprint density at radius 1 is 1.23 bits per heavy atom. The van der Waals surface area contributed by atoms with E-state index < -0.39 is 0 Å². The molecule has 2 aromatic heterocycles. The Bertz CT molecular complexity index is 1300. The first kappa shape index (κ1) is 19.4. The van der Waals surface area contributed by atoms with Crippen molar-refractivity contribution in [3.8, 4) is 5.75 Å². The second-order valence-corrected chi connectivity index (χ2v) is 10.3. The Hall–Kier alpha value is -2.56. The first-order valence-electron chi connectivity index (χ1n) is 10.4. The van der Waals surface area contributed by atoms with Gasteiger partial charge in [-0.2, -0.15) is 0 Å². The minimum absolute atomic E-state index is 0.0142. The number of hydrogen-bond acceptors (Lipinski definition) is 4. The van der Waals surface area contributed by atoms with Crippen LogP contribution in [0.15, 0.2) is 46.7 Å². The first-order valence-corrected chi connectivity index (χ1v) is 11.3. The minimum Gasteiger partial charge on any atom is -0.507 e. The minimum atomic E-state index is 0.0142. The van der Waals surface area contributed by atoms with Crippen molar-refractivity contribution in [2.24, 2.45) is 0 Å². The smallest absolute Gasteiger partial charge is 0.135 e. The zero-order chi connectivity index (χ0) is 21.2. The highest BCUT2D eigenvalue weighted by Gasteiger charge is 2.31. The average Bonchev–Trinajstić information content (AvgIpc) is 3.29. The van der Waals surface area contributed by atoms with Crippen LogP contribution in [0.1, 0.15) is 61.8 Å². The molecule has 0 bridgehead atoms. The zero-order valence-electron chi connectivity index (χ0n) is 17.9. The van der Waals surface area contributed by atoms with Crippen LogP contribution >= 0.6 is 11.3 Å². The van der Waals surface area contributed by atoms with Gasteiger partial charge in [-0.25, -0.2) is 0 Å². The van der Waals surface area contributed by atoms with E-state index >= 15 is 0 Å². The fourth-order valence-electron chi connectivity index (χ4n) is 4.72. The number of furan rings is 1. The van der Waals surface area contributed by atoms with Crippen LogP contribution in [-0.2, 0) is 11.8 Å². The molecule has 4 aromatic rings. The van der Waals surface area contributed by atoms with E-state index in [1.54, 1.807) is 6.07 Å². The molecule has 30 heavy (non-hydrogen) atoms. The summed E-state index contributed by atoms with van der Waals surface area (Å²) >= 11 is 1.81. The summed E-state index contributed by atoms with van der Waals surface area (Å²) in [5.74, 6) is 1.26. The first-order chi connectivity index (χ1) is 14.3. The van der Waals surface area contributed by atoms with Gasteiger partial charge in [0.05, 0.1) is 6.04 Å². The summed E-state index contributed by atoms with van der Waals surface area (Å²) in [6.45, 7) is 13.7. The molecule has 1 aliphatic rings. The third-order valence-electron chi connectivity index (χ3n) is 6.08. The van der Waals surface area contributed by atoms with Gasteiger partial charge < -0.3 is 14.8 Å². The largest absolute Gasteiger partial charge is 0.507 e. The number of nitrogens with one attached hydrogen (secondary N) is 1. The maximum atomic E-state index is 10.6. The molecule has 2 aromatic carbocycles. The van der Waals surface area contributed by atoms with Crippen LogP contribution in [0.2, 0.25) is 0 Å². The molecule has 3 heterocycles. The van der Waals surface area contributed by atoms with Crippen LogP contribution in [-0.4, -0.2) is 11.7 Å². The van der Waals surface area contributed by atoms with Gasteiger partial charge in [-0.1, -0.05) is 33.4 Å². The topological polar surface area (TPSA) is 45.4 Å². The van der Waals surface area contributed by atoms with Crippen LogP contribution < -0.4 is 5.32 Å². The molecule has 5 rings (SSSR count). The summed E-state index contributed by atoms with van der Waals surface area (Å²) in [7, 11) is 0. The number of benzene rings is 2. The molecule has 0 radical (unpaired) electrons. The van der Waals surface area contributed by atoms with Crippen LogP contribution in [0.5, 0.6) is 5.75 Å². The highest BCUT2D eigenvalue weighted by molar-refractivity contribution is 7.17. The third-order valence-corrected chi connectivity index (χ3v) is 7.04. The molecular weight excluding hydrogens is 390 g/mol. The highest BCUT2D eigenvalue weighted by atomic mass is 32.1. The molecule has 0 spiro atoms. The molecule has 0 aliphatic carbocycles. The average molecular weight is 418 g/mol. The predicted molar refractivity (Wildman–Crippen MR) is 127 cm³/mol. The summed E-state index contributed by atoms with van der Waals surface area (Å²) in [5.41, 5.74) is 6.25. The fraction of sp³-hybridized carbons (Fsp3) is 0.308. The number of phenols is 1. The fourth-order valence-corrected chi connectivity index (χ4v) is 5.83. The van der Waals surface area contributed by atoms with E-state index in [0.29, 0.717) is 0 Å².